The highest BCUT2D eigenvalue weighted by Gasteiger charge is 2.16. The topological polar surface area (TPSA) is 88.4 Å². The van der Waals surface area contributed by atoms with Gasteiger partial charge >= 0.3 is 0 Å². The second-order valence-electron chi connectivity index (χ2n) is 6.01. The average molecular weight is 449 g/mol. The Hall–Kier alpha value is -2.58. The summed E-state index contributed by atoms with van der Waals surface area (Å²) < 4.78 is 33.1. The van der Waals surface area contributed by atoms with Crippen LogP contribution in [-0.4, -0.2) is 14.3 Å². The fourth-order valence-corrected chi connectivity index (χ4v) is 3.97. The highest BCUT2D eigenvalue weighted by molar-refractivity contribution is 9.10. The summed E-state index contributed by atoms with van der Waals surface area (Å²) in [6.07, 6.45) is 0. The van der Waals surface area contributed by atoms with E-state index in [4.69, 9.17) is 4.42 Å². The van der Waals surface area contributed by atoms with E-state index in [2.05, 4.69) is 26.0 Å². The van der Waals surface area contributed by atoms with Gasteiger partial charge in [0.25, 0.3) is 15.9 Å². The molecule has 0 aliphatic rings. The summed E-state index contributed by atoms with van der Waals surface area (Å²) in [7, 11) is -3.67. The maximum absolute atomic E-state index is 12.4. The van der Waals surface area contributed by atoms with Crippen molar-refractivity contribution < 1.29 is 17.6 Å². The molecule has 0 atom stereocenters. The Kier molecular flexibility index (Phi) is 5.38. The third-order valence-corrected chi connectivity index (χ3v) is 5.61. The van der Waals surface area contributed by atoms with Crippen LogP contribution in [0, 0.1) is 13.8 Å². The second-order valence-corrected chi connectivity index (χ2v) is 8.48. The van der Waals surface area contributed by atoms with E-state index >= 15 is 0 Å². The summed E-state index contributed by atoms with van der Waals surface area (Å²) in [4.78, 5) is 12.4. The second kappa shape index (κ2) is 7.58. The van der Waals surface area contributed by atoms with E-state index in [1.165, 1.54) is 0 Å². The van der Waals surface area contributed by atoms with Crippen LogP contribution in [0.3, 0.4) is 0 Å². The molecule has 140 valence electrons. The summed E-state index contributed by atoms with van der Waals surface area (Å²) in [6, 6.07) is 14.7. The lowest BCUT2D eigenvalue weighted by Crippen LogP contribution is -2.14. The van der Waals surface area contributed by atoms with E-state index in [0.29, 0.717) is 21.6 Å². The lowest BCUT2D eigenvalue weighted by molar-refractivity contribution is 0.0994. The zero-order chi connectivity index (χ0) is 19.6. The normalized spacial score (nSPS) is 11.2. The Morgan fingerprint density at radius 3 is 2.11 bits per heavy atom. The molecule has 0 aliphatic carbocycles. The van der Waals surface area contributed by atoms with Gasteiger partial charge in [-0.05, 0) is 72.2 Å². The molecular weight excluding hydrogens is 432 g/mol. The van der Waals surface area contributed by atoms with Crippen molar-refractivity contribution in [3.8, 4) is 0 Å². The zero-order valence-corrected chi connectivity index (χ0v) is 17.0. The summed E-state index contributed by atoms with van der Waals surface area (Å²) >= 11 is 3.19. The van der Waals surface area contributed by atoms with E-state index in [0.717, 1.165) is 5.56 Å². The first-order chi connectivity index (χ1) is 12.7. The number of amides is 1. The predicted molar refractivity (Wildman–Crippen MR) is 108 cm³/mol. The molecule has 1 amide bonds. The minimum absolute atomic E-state index is 0.185. The van der Waals surface area contributed by atoms with Crippen LogP contribution in [0.15, 0.2) is 68.6 Å². The highest BCUT2D eigenvalue weighted by atomic mass is 79.9. The van der Waals surface area contributed by atoms with Gasteiger partial charge < -0.3 is 9.73 Å². The van der Waals surface area contributed by atoms with Gasteiger partial charge in [-0.15, -0.1) is 0 Å². The maximum atomic E-state index is 12.4. The molecule has 2 aromatic carbocycles. The van der Waals surface area contributed by atoms with Crippen molar-refractivity contribution in [2.24, 2.45) is 0 Å². The van der Waals surface area contributed by atoms with Gasteiger partial charge in [-0.25, -0.2) is 8.42 Å². The molecule has 0 spiro atoms. The summed E-state index contributed by atoms with van der Waals surface area (Å²) in [5.41, 5.74) is 2.60. The van der Waals surface area contributed by atoms with Gasteiger partial charge in [0.05, 0.1) is 4.90 Å². The Morgan fingerprint density at radius 2 is 1.56 bits per heavy atom. The number of hydrogen-bond acceptors (Lipinski definition) is 4. The smallest absolute Gasteiger partial charge is 0.291 e. The Labute approximate surface area is 165 Å². The van der Waals surface area contributed by atoms with E-state index in [-0.39, 0.29) is 16.6 Å². The van der Waals surface area contributed by atoms with Crippen molar-refractivity contribution >= 4 is 43.2 Å². The molecule has 6 nitrogen and oxygen atoms in total. The van der Waals surface area contributed by atoms with Crippen molar-refractivity contribution in [1.82, 2.24) is 0 Å². The van der Waals surface area contributed by atoms with Crippen LogP contribution >= 0.6 is 15.9 Å². The summed E-state index contributed by atoms with van der Waals surface area (Å²) in [5.74, 6) is -0.169. The van der Waals surface area contributed by atoms with Gasteiger partial charge in [-0.1, -0.05) is 17.7 Å². The third kappa shape index (κ3) is 4.58. The molecule has 3 rings (SSSR count). The number of carbonyl (C=O) groups excluding carboxylic acids is 1. The molecule has 0 fully saturated rings. The molecule has 1 heterocycles. The van der Waals surface area contributed by atoms with Crippen molar-refractivity contribution in [1.29, 1.82) is 0 Å². The number of furan rings is 1. The molecule has 8 heteroatoms. The molecular formula is C19H17BrN2O4S. The van der Waals surface area contributed by atoms with Crippen LogP contribution in [0.1, 0.15) is 21.7 Å². The molecule has 1 aromatic heterocycles. The van der Waals surface area contributed by atoms with Crippen LogP contribution in [0.5, 0.6) is 0 Å². The van der Waals surface area contributed by atoms with Crippen LogP contribution in [0.4, 0.5) is 11.4 Å². The van der Waals surface area contributed by atoms with Gasteiger partial charge in [0.2, 0.25) is 0 Å². The van der Waals surface area contributed by atoms with E-state index in [1.807, 2.05) is 6.92 Å². The Balaban J connectivity index is 1.71. The first-order valence-corrected chi connectivity index (χ1v) is 10.3. The quantitative estimate of drug-likeness (QED) is 0.591. The van der Waals surface area contributed by atoms with Crippen molar-refractivity contribution in [3.05, 3.63) is 76.2 Å². The first kappa shape index (κ1) is 19.2. The van der Waals surface area contributed by atoms with Gasteiger partial charge in [0, 0.05) is 16.9 Å². The first-order valence-electron chi connectivity index (χ1n) is 8.01. The Bertz CT molecular complexity index is 1070. The number of carbonyl (C=O) groups is 1. The lowest BCUT2D eigenvalue weighted by atomic mass is 10.2. The predicted octanol–water partition coefficient (Wildman–Crippen LogP) is 4.71. The van der Waals surface area contributed by atoms with Gasteiger partial charge in [-0.3, -0.25) is 9.52 Å². The average Bonchev–Trinajstić information content (AvgIpc) is 2.95. The standard InChI is InChI=1S/C19H17BrN2O4S/c1-12-3-9-16(10-4-12)27(24,25)22-15-7-5-14(6-8-15)21-19(23)18-13(2)11-17(20)26-18/h3-11,22H,1-2H3,(H,21,23). The minimum Gasteiger partial charge on any atom is -0.444 e. The Morgan fingerprint density at radius 1 is 0.963 bits per heavy atom. The fourth-order valence-electron chi connectivity index (χ4n) is 2.41. The number of benzene rings is 2. The van der Waals surface area contributed by atoms with Crippen molar-refractivity contribution in [2.75, 3.05) is 10.0 Å². The third-order valence-electron chi connectivity index (χ3n) is 3.82. The number of aryl methyl sites for hydroxylation is 2. The van der Waals surface area contributed by atoms with Crippen molar-refractivity contribution in [3.63, 3.8) is 0 Å². The maximum Gasteiger partial charge on any atom is 0.291 e. The molecule has 0 saturated heterocycles. The lowest BCUT2D eigenvalue weighted by Gasteiger charge is -2.09. The van der Waals surface area contributed by atoms with Crippen molar-refractivity contribution in [2.45, 2.75) is 18.7 Å². The molecule has 27 heavy (non-hydrogen) atoms. The van der Waals surface area contributed by atoms with Crippen LogP contribution < -0.4 is 10.0 Å². The highest BCUT2D eigenvalue weighted by Crippen LogP contribution is 2.22. The van der Waals surface area contributed by atoms with E-state index in [9.17, 15) is 13.2 Å². The SMILES string of the molecule is Cc1ccc(S(=O)(=O)Nc2ccc(NC(=O)c3oc(Br)cc3C)cc2)cc1. The van der Waals surface area contributed by atoms with E-state index < -0.39 is 10.0 Å². The van der Waals surface area contributed by atoms with Gasteiger partial charge in [-0.2, -0.15) is 0 Å². The number of rotatable bonds is 5. The number of hydrogen-bond donors (Lipinski definition) is 2. The molecule has 0 unspecified atom stereocenters. The summed E-state index contributed by atoms with van der Waals surface area (Å²) in [5, 5.41) is 2.71. The minimum atomic E-state index is -3.67. The largest absolute Gasteiger partial charge is 0.444 e. The molecule has 0 bridgehead atoms. The summed E-state index contributed by atoms with van der Waals surface area (Å²) in [6.45, 7) is 3.66. The molecule has 0 radical (unpaired) electrons. The molecule has 0 saturated carbocycles. The molecule has 3 aromatic rings. The van der Waals surface area contributed by atoms with Gasteiger partial charge in [0.1, 0.15) is 0 Å². The van der Waals surface area contributed by atoms with Crippen LogP contribution in [-0.2, 0) is 10.0 Å². The fraction of sp³-hybridized carbons (Fsp3) is 0.105. The number of halogens is 1. The van der Waals surface area contributed by atoms with E-state index in [1.54, 1.807) is 61.5 Å². The number of anilines is 2. The molecule has 2 N–H and O–H groups in total. The van der Waals surface area contributed by atoms with Crippen LogP contribution in [0.2, 0.25) is 0 Å². The monoisotopic (exact) mass is 448 g/mol. The van der Waals surface area contributed by atoms with Crippen LogP contribution in [0.25, 0.3) is 0 Å². The number of sulfonamides is 1. The van der Waals surface area contributed by atoms with Gasteiger partial charge in [0.15, 0.2) is 10.4 Å². The zero-order valence-electron chi connectivity index (χ0n) is 14.6. The molecule has 0 aliphatic heterocycles. The number of nitrogens with one attached hydrogen (secondary N) is 2.